The first-order valence-corrected chi connectivity index (χ1v) is 5.01. The van der Waals surface area contributed by atoms with Crippen molar-refractivity contribution in [2.24, 2.45) is 0 Å². The van der Waals surface area contributed by atoms with Crippen LogP contribution in [0.25, 0.3) is 0 Å². The topological polar surface area (TPSA) is 46.6 Å². The summed E-state index contributed by atoms with van der Waals surface area (Å²) < 4.78 is 4.96. The van der Waals surface area contributed by atoms with Crippen molar-refractivity contribution in [3.05, 3.63) is 12.7 Å². The molecular formula is C11H19NO3. The van der Waals surface area contributed by atoms with E-state index in [-0.39, 0.29) is 24.6 Å². The SMILES string of the molecule is C=CC(=O)N(CC(=O)OC(C)C)C(C)C. The summed E-state index contributed by atoms with van der Waals surface area (Å²) in [6, 6.07) is -0.0461. The molecule has 0 atom stereocenters. The highest BCUT2D eigenvalue weighted by atomic mass is 16.5. The number of carbonyl (C=O) groups excluding carboxylic acids is 2. The summed E-state index contributed by atoms with van der Waals surface area (Å²) in [6.07, 6.45) is 1.04. The summed E-state index contributed by atoms with van der Waals surface area (Å²) in [5.41, 5.74) is 0. The lowest BCUT2D eigenvalue weighted by molar-refractivity contribution is -0.152. The molecule has 0 unspecified atom stereocenters. The Morgan fingerprint density at radius 2 is 1.87 bits per heavy atom. The van der Waals surface area contributed by atoms with Gasteiger partial charge in [0.1, 0.15) is 6.54 Å². The van der Waals surface area contributed by atoms with Crippen molar-refractivity contribution in [1.82, 2.24) is 4.90 Å². The van der Waals surface area contributed by atoms with Crippen LogP contribution in [-0.2, 0) is 14.3 Å². The van der Waals surface area contributed by atoms with Gasteiger partial charge in [-0.1, -0.05) is 6.58 Å². The molecule has 0 aliphatic rings. The van der Waals surface area contributed by atoms with E-state index in [0.29, 0.717) is 0 Å². The van der Waals surface area contributed by atoms with Crippen LogP contribution < -0.4 is 0 Å². The largest absolute Gasteiger partial charge is 0.462 e. The zero-order valence-corrected chi connectivity index (χ0v) is 9.82. The maximum absolute atomic E-state index is 11.4. The molecule has 0 fully saturated rings. The van der Waals surface area contributed by atoms with Crippen molar-refractivity contribution in [3.63, 3.8) is 0 Å². The zero-order valence-electron chi connectivity index (χ0n) is 9.82. The molecule has 86 valence electrons. The number of rotatable bonds is 5. The molecule has 4 heteroatoms. The molecule has 0 saturated heterocycles. The van der Waals surface area contributed by atoms with Gasteiger partial charge in [0, 0.05) is 6.04 Å². The molecule has 0 saturated carbocycles. The van der Waals surface area contributed by atoms with Crippen LogP contribution >= 0.6 is 0 Å². The maximum atomic E-state index is 11.4. The van der Waals surface area contributed by atoms with Crippen LogP contribution in [-0.4, -0.2) is 35.5 Å². The van der Waals surface area contributed by atoms with Gasteiger partial charge in [-0.05, 0) is 33.8 Å². The van der Waals surface area contributed by atoms with E-state index in [4.69, 9.17) is 4.74 Å². The Balaban J connectivity index is 4.35. The highest BCUT2D eigenvalue weighted by Gasteiger charge is 2.18. The highest BCUT2D eigenvalue weighted by Crippen LogP contribution is 2.01. The van der Waals surface area contributed by atoms with Crippen LogP contribution in [0.3, 0.4) is 0 Å². The molecule has 4 nitrogen and oxygen atoms in total. The predicted octanol–water partition coefficient (Wildman–Crippen LogP) is 1.36. The summed E-state index contributed by atoms with van der Waals surface area (Å²) in [7, 11) is 0. The van der Waals surface area contributed by atoms with E-state index in [2.05, 4.69) is 6.58 Å². The summed E-state index contributed by atoms with van der Waals surface area (Å²) in [5, 5.41) is 0. The minimum absolute atomic E-state index is 0.0271. The first-order chi connectivity index (χ1) is 6.88. The molecule has 0 bridgehead atoms. The molecule has 0 rings (SSSR count). The van der Waals surface area contributed by atoms with E-state index < -0.39 is 5.97 Å². The maximum Gasteiger partial charge on any atom is 0.325 e. The van der Waals surface area contributed by atoms with Crippen molar-refractivity contribution >= 4 is 11.9 Å². The van der Waals surface area contributed by atoms with Gasteiger partial charge in [0.15, 0.2) is 0 Å². The Bertz CT molecular complexity index is 246. The van der Waals surface area contributed by atoms with Crippen molar-refractivity contribution in [2.75, 3.05) is 6.54 Å². The zero-order chi connectivity index (χ0) is 12.0. The fraction of sp³-hybridized carbons (Fsp3) is 0.636. The van der Waals surface area contributed by atoms with E-state index in [1.54, 1.807) is 13.8 Å². The van der Waals surface area contributed by atoms with Crippen molar-refractivity contribution in [2.45, 2.75) is 39.8 Å². The fourth-order valence-electron chi connectivity index (χ4n) is 1.07. The van der Waals surface area contributed by atoms with E-state index in [1.807, 2.05) is 13.8 Å². The van der Waals surface area contributed by atoms with Crippen LogP contribution in [0.15, 0.2) is 12.7 Å². The highest BCUT2D eigenvalue weighted by molar-refractivity contribution is 5.90. The average Bonchev–Trinajstić information content (AvgIpc) is 2.11. The van der Waals surface area contributed by atoms with E-state index in [9.17, 15) is 9.59 Å². The number of hydrogen-bond donors (Lipinski definition) is 0. The molecule has 0 radical (unpaired) electrons. The minimum Gasteiger partial charge on any atom is -0.462 e. The summed E-state index contributed by atoms with van der Waals surface area (Å²) >= 11 is 0. The van der Waals surface area contributed by atoms with E-state index >= 15 is 0 Å². The molecule has 0 aliphatic heterocycles. The quantitative estimate of drug-likeness (QED) is 0.511. The van der Waals surface area contributed by atoms with Gasteiger partial charge in [0.25, 0.3) is 0 Å². The molecule has 0 aromatic heterocycles. The second-order valence-electron chi connectivity index (χ2n) is 3.80. The van der Waals surface area contributed by atoms with Crippen LogP contribution in [0, 0.1) is 0 Å². The third-order valence-electron chi connectivity index (χ3n) is 1.75. The molecule has 15 heavy (non-hydrogen) atoms. The third kappa shape index (κ3) is 5.20. The monoisotopic (exact) mass is 213 g/mol. The Kier molecular flexibility index (Phi) is 5.67. The van der Waals surface area contributed by atoms with E-state index in [0.717, 1.165) is 0 Å². The summed E-state index contributed by atoms with van der Waals surface area (Å²) in [5.74, 6) is -0.653. The molecule has 0 N–H and O–H groups in total. The van der Waals surface area contributed by atoms with Crippen LogP contribution in [0.2, 0.25) is 0 Å². The standard InChI is InChI=1S/C11H19NO3/c1-6-10(13)12(8(2)3)7-11(14)15-9(4)5/h6,8-9H,1,7H2,2-5H3. The van der Waals surface area contributed by atoms with Gasteiger partial charge in [-0.25, -0.2) is 0 Å². The summed E-state index contributed by atoms with van der Waals surface area (Å²) in [6.45, 7) is 10.6. The predicted molar refractivity (Wildman–Crippen MR) is 58.3 cm³/mol. The third-order valence-corrected chi connectivity index (χ3v) is 1.75. The molecule has 0 aromatic rings. The van der Waals surface area contributed by atoms with Crippen LogP contribution in [0.5, 0.6) is 0 Å². The normalized spacial score (nSPS) is 10.3. The van der Waals surface area contributed by atoms with Gasteiger partial charge in [0.2, 0.25) is 5.91 Å². The van der Waals surface area contributed by atoms with Crippen LogP contribution in [0.1, 0.15) is 27.7 Å². The first-order valence-electron chi connectivity index (χ1n) is 5.01. The summed E-state index contributed by atoms with van der Waals surface area (Å²) in [4.78, 5) is 24.1. The Hall–Kier alpha value is -1.32. The Morgan fingerprint density at radius 1 is 1.33 bits per heavy atom. The lowest BCUT2D eigenvalue weighted by Crippen LogP contribution is -2.40. The second-order valence-corrected chi connectivity index (χ2v) is 3.80. The number of hydrogen-bond acceptors (Lipinski definition) is 3. The molecule has 0 aromatic carbocycles. The molecule has 0 spiro atoms. The Morgan fingerprint density at radius 3 is 2.20 bits per heavy atom. The van der Waals surface area contributed by atoms with Crippen molar-refractivity contribution < 1.29 is 14.3 Å². The number of esters is 1. The van der Waals surface area contributed by atoms with Gasteiger partial charge in [-0.3, -0.25) is 9.59 Å². The smallest absolute Gasteiger partial charge is 0.325 e. The number of ether oxygens (including phenoxy) is 1. The van der Waals surface area contributed by atoms with Gasteiger partial charge >= 0.3 is 5.97 Å². The van der Waals surface area contributed by atoms with Gasteiger partial charge in [0.05, 0.1) is 6.10 Å². The van der Waals surface area contributed by atoms with Gasteiger partial charge in [-0.2, -0.15) is 0 Å². The van der Waals surface area contributed by atoms with Gasteiger partial charge < -0.3 is 9.64 Å². The van der Waals surface area contributed by atoms with Crippen molar-refractivity contribution in [3.8, 4) is 0 Å². The number of carbonyl (C=O) groups is 2. The van der Waals surface area contributed by atoms with E-state index in [1.165, 1.54) is 11.0 Å². The number of nitrogens with zero attached hydrogens (tertiary/aromatic N) is 1. The molecular weight excluding hydrogens is 194 g/mol. The molecule has 1 amide bonds. The fourth-order valence-corrected chi connectivity index (χ4v) is 1.07. The molecule has 0 heterocycles. The lowest BCUT2D eigenvalue weighted by Gasteiger charge is -2.24. The first kappa shape index (κ1) is 13.7. The number of amides is 1. The lowest BCUT2D eigenvalue weighted by atomic mass is 10.3. The van der Waals surface area contributed by atoms with Crippen LogP contribution in [0.4, 0.5) is 0 Å². The van der Waals surface area contributed by atoms with Crippen molar-refractivity contribution in [1.29, 1.82) is 0 Å². The Labute approximate surface area is 90.9 Å². The molecule has 0 aliphatic carbocycles. The van der Waals surface area contributed by atoms with Gasteiger partial charge in [-0.15, -0.1) is 0 Å². The minimum atomic E-state index is -0.395. The second kappa shape index (κ2) is 6.22. The average molecular weight is 213 g/mol.